The number of ether oxygens (including phenoxy) is 1. The normalized spacial score (nSPS) is 16.2. The van der Waals surface area contributed by atoms with Gasteiger partial charge in [0.05, 0.1) is 7.11 Å². The van der Waals surface area contributed by atoms with Crippen LogP contribution >= 0.6 is 0 Å². The Morgan fingerprint density at radius 3 is 2.79 bits per heavy atom. The van der Waals surface area contributed by atoms with Gasteiger partial charge in [0.25, 0.3) is 0 Å². The SMILES string of the molecule is C=C1CCc2cc(/C=C/C(=O)N3CC=C(c4ccc(OC)cc4)CC3)cnc2N1. The van der Waals surface area contributed by atoms with Gasteiger partial charge in [0.1, 0.15) is 11.6 Å². The number of allylic oxidation sites excluding steroid dienone is 1. The average molecular weight is 387 g/mol. The number of nitrogens with one attached hydrogen (secondary N) is 1. The van der Waals surface area contributed by atoms with E-state index in [0.29, 0.717) is 6.54 Å². The van der Waals surface area contributed by atoms with Crippen molar-refractivity contribution in [3.05, 3.63) is 77.6 Å². The van der Waals surface area contributed by atoms with Crippen LogP contribution in [-0.2, 0) is 11.2 Å². The van der Waals surface area contributed by atoms with Crippen LogP contribution in [0.25, 0.3) is 11.6 Å². The Balaban J connectivity index is 1.38. The summed E-state index contributed by atoms with van der Waals surface area (Å²) in [6.45, 7) is 5.30. The summed E-state index contributed by atoms with van der Waals surface area (Å²) in [6, 6.07) is 10.1. The standard InChI is InChI=1S/C24H25N3O2/c1-17-3-5-21-15-18(16-25-24(21)26-17)4-10-23(28)27-13-11-20(12-14-27)19-6-8-22(29-2)9-7-19/h4,6-11,15-16H,1,3,5,12-14H2,2H3,(H,25,26)/b10-4+. The van der Waals surface area contributed by atoms with Crippen LogP contribution in [0.5, 0.6) is 5.75 Å². The zero-order valence-corrected chi connectivity index (χ0v) is 16.6. The number of aryl methyl sites for hydroxylation is 1. The van der Waals surface area contributed by atoms with E-state index >= 15 is 0 Å². The van der Waals surface area contributed by atoms with Crippen LogP contribution in [-0.4, -0.2) is 36.0 Å². The number of methoxy groups -OCH3 is 1. The molecule has 0 saturated heterocycles. The predicted molar refractivity (Wildman–Crippen MR) is 117 cm³/mol. The molecule has 0 atom stereocenters. The Morgan fingerprint density at radius 1 is 1.24 bits per heavy atom. The lowest BCUT2D eigenvalue weighted by Crippen LogP contribution is -2.33. The number of carbonyl (C=O) groups is 1. The molecule has 0 spiro atoms. The Kier molecular flexibility index (Phi) is 5.47. The lowest BCUT2D eigenvalue weighted by molar-refractivity contribution is -0.125. The molecule has 1 N–H and O–H groups in total. The van der Waals surface area contributed by atoms with E-state index in [1.54, 1.807) is 19.4 Å². The molecule has 3 heterocycles. The van der Waals surface area contributed by atoms with Gasteiger partial charge >= 0.3 is 0 Å². The number of hydrogen-bond acceptors (Lipinski definition) is 4. The van der Waals surface area contributed by atoms with Crippen molar-refractivity contribution < 1.29 is 9.53 Å². The van der Waals surface area contributed by atoms with Crippen LogP contribution in [0.2, 0.25) is 0 Å². The fraction of sp³-hybridized carbons (Fsp3) is 0.250. The number of benzene rings is 1. The smallest absolute Gasteiger partial charge is 0.246 e. The zero-order chi connectivity index (χ0) is 20.2. The summed E-state index contributed by atoms with van der Waals surface area (Å²) in [5, 5.41) is 3.21. The van der Waals surface area contributed by atoms with Crippen molar-refractivity contribution in [2.24, 2.45) is 0 Å². The lowest BCUT2D eigenvalue weighted by atomic mass is 9.99. The van der Waals surface area contributed by atoms with E-state index in [-0.39, 0.29) is 5.91 Å². The number of aromatic nitrogens is 1. The minimum absolute atomic E-state index is 0.0271. The molecule has 5 heteroatoms. The molecule has 0 unspecified atom stereocenters. The van der Waals surface area contributed by atoms with Crippen molar-refractivity contribution in [1.82, 2.24) is 9.88 Å². The monoisotopic (exact) mass is 387 g/mol. The molecule has 2 aliphatic rings. The molecular weight excluding hydrogens is 362 g/mol. The largest absolute Gasteiger partial charge is 0.497 e. The number of pyridine rings is 1. The highest BCUT2D eigenvalue weighted by atomic mass is 16.5. The molecule has 2 aliphatic heterocycles. The number of rotatable bonds is 4. The quantitative estimate of drug-likeness (QED) is 0.795. The maximum absolute atomic E-state index is 12.6. The van der Waals surface area contributed by atoms with Crippen LogP contribution in [0.15, 0.2) is 61.0 Å². The first-order valence-electron chi connectivity index (χ1n) is 9.86. The third-order valence-electron chi connectivity index (χ3n) is 5.38. The van der Waals surface area contributed by atoms with Crippen molar-refractivity contribution in [1.29, 1.82) is 0 Å². The van der Waals surface area contributed by atoms with E-state index in [2.05, 4.69) is 41.2 Å². The molecule has 1 aromatic carbocycles. The first-order chi connectivity index (χ1) is 14.1. The van der Waals surface area contributed by atoms with Gasteiger partial charge in [-0.2, -0.15) is 0 Å². The molecule has 4 rings (SSSR count). The Morgan fingerprint density at radius 2 is 2.07 bits per heavy atom. The van der Waals surface area contributed by atoms with Crippen LogP contribution in [0, 0.1) is 0 Å². The second kappa shape index (κ2) is 8.35. The van der Waals surface area contributed by atoms with Gasteiger partial charge in [-0.1, -0.05) is 24.8 Å². The highest BCUT2D eigenvalue weighted by Gasteiger charge is 2.16. The Hall–Kier alpha value is -3.34. The number of carbonyl (C=O) groups excluding carboxylic acids is 1. The van der Waals surface area contributed by atoms with Crippen molar-refractivity contribution >= 4 is 23.4 Å². The summed E-state index contributed by atoms with van der Waals surface area (Å²) in [5.41, 5.74) is 5.56. The van der Waals surface area contributed by atoms with E-state index in [9.17, 15) is 4.79 Å². The average Bonchev–Trinajstić information content (AvgIpc) is 2.77. The molecular formula is C24H25N3O2. The zero-order valence-electron chi connectivity index (χ0n) is 16.6. The van der Waals surface area contributed by atoms with Gasteiger partial charge in [-0.25, -0.2) is 4.98 Å². The molecule has 1 amide bonds. The number of fused-ring (bicyclic) bond motifs is 1. The van der Waals surface area contributed by atoms with Gasteiger partial charge in [-0.15, -0.1) is 0 Å². The van der Waals surface area contributed by atoms with E-state index in [1.165, 1.54) is 11.1 Å². The van der Waals surface area contributed by atoms with E-state index < -0.39 is 0 Å². The molecule has 5 nitrogen and oxygen atoms in total. The number of amides is 1. The van der Waals surface area contributed by atoms with Gasteiger partial charge in [0.2, 0.25) is 5.91 Å². The van der Waals surface area contributed by atoms with Crippen molar-refractivity contribution in [2.75, 3.05) is 25.5 Å². The molecule has 0 fully saturated rings. The summed E-state index contributed by atoms with van der Waals surface area (Å²) in [4.78, 5) is 18.9. The second-order valence-corrected chi connectivity index (χ2v) is 7.33. The van der Waals surface area contributed by atoms with Gasteiger partial charge < -0.3 is 15.0 Å². The summed E-state index contributed by atoms with van der Waals surface area (Å²) < 4.78 is 5.21. The lowest BCUT2D eigenvalue weighted by Gasteiger charge is -2.25. The maximum Gasteiger partial charge on any atom is 0.246 e. The number of anilines is 1. The van der Waals surface area contributed by atoms with Gasteiger partial charge in [0.15, 0.2) is 0 Å². The van der Waals surface area contributed by atoms with Crippen molar-refractivity contribution in [3.63, 3.8) is 0 Å². The van der Waals surface area contributed by atoms with Gasteiger partial charge in [0, 0.05) is 31.1 Å². The van der Waals surface area contributed by atoms with Crippen LogP contribution < -0.4 is 10.1 Å². The van der Waals surface area contributed by atoms with Crippen LogP contribution in [0.4, 0.5) is 5.82 Å². The molecule has 0 bridgehead atoms. The van der Waals surface area contributed by atoms with E-state index in [0.717, 1.165) is 54.2 Å². The first-order valence-corrected chi connectivity index (χ1v) is 9.86. The Bertz CT molecular complexity index is 990. The maximum atomic E-state index is 12.6. The Labute approximate surface area is 171 Å². The van der Waals surface area contributed by atoms with Gasteiger partial charge in [-0.05, 0) is 65.8 Å². The summed E-state index contributed by atoms with van der Waals surface area (Å²) in [5.74, 6) is 1.75. The number of hydrogen-bond donors (Lipinski definition) is 1. The van der Waals surface area contributed by atoms with Crippen LogP contribution in [0.3, 0.4) is 0 Å². The molecule has 0 saturated carbocycles. The van der Waals surface area contributed by atoms with Crippen LogP contribution in [0.1, 0.15) is 29.5 Å². The molecule has 2 aromatic rings. The highest BCUT2D eigenvalue weighted by molar-refractivity contribution is 5.92. The molecule has 0 radical (unpaired) electrons. The highest BCUT2D eigenvalue weighted by Crippen LogP contribution is 2.26. The minimum atomic E-state index is 0.0271. The van der Waals surface area contributed by atoms with Crippen molar-refractivity contribution in [2.45, 2.75) is 19.3 Å². The number of nitrogens with zero attached hydrogens (tertiary/aromatic N) is 2. The fourth-order valence-corrected chi connectivity index (χ4v) is 3.65. The summed E-state index contributed by atoms with van der Waals surface area (Å²) in [6.07, 6.45) is 10.1. The third-order valence-corrected chi connectivity index (χ3v) is 5.38. The summed E-state index contributed by atoms with van der Waals surface area (Å²) in [7, 11) is 1.67. The van der Waals surface area contributed by atoms with E-state index in [1.807, 2.05) is 23.1 Å². The first kappa shape index (κ1) is 19.0. The topological polar surface area (TPSA) is 54.5 Å². The van der Waals surface area contributed by atoms with Gasteiger partial charge in [-0.3, -0.25) is 4.79 Å². The minimum Gasteiger partial charge on any atom is -0.497 e. The molecule has 1 aromatic heterocycles. The third kappa shape index (κ3) is 4.40. The molecule has 29 heavy (non-hydrogen) atoms. The van der Waals surface area contributed by atoms with E-state index in [4.69, 9.17) is 4.74 Å². The summed E-state index contributed by atoms with van der Waals surface area (Å²) >= 11 is 0. The molecule has 148 valence electrons. The molecule has 0 aliphatic carbocycles. The predicted octanol–water partition coefficient (Wildman–Crippen LogP) is 4.29. The van der Waals surface area contributed by atoms with Crippen molar-refractivity contribution in [3.8, 4) is 5.75 Å². The second-order valence-electron chi connectivity index (χ2n) is 7.33. The fourth-order valence-electron chi connectivity index (χ4n) is 3.65.